The second kappa shape index (κ2) is 8.34. The summed E-state index contributed by atoms with van der Waals surface area (Å²) in [7, 11) is 1.75. The Morgan fingerprint density at radius 3 is 2.46 bits per heavy atom. The quantitative estimate of drug-likeness (QED) is 0.860. The fourth-order valence-electron chi connectivity index (χ4n) is 2.97. The van der Waals surface area contributed by atoms with Crippen molar-refractivity contribution in [2.24, 2.45) is 0 Å². The van der Waals surface area contributed by atoms with Gasteiger partial charge in [-0.3, -0.25) is 4.79 Å². The number of ether oxygens (including phenoxy) is 1. The van der Waals surface area contributed by atoms with Crippen molar-refractivity contribution in [2.75, 3.05) is 7.05 Å². The average Bonchev–Trinajstić information content (AvgIpc) is 2.81. The summed E-state index contributed by atoms with van der Waals surface area (Å²) >= 11 is 0. The van der Waals surface area contributed by atoms with E-state index in [-0.39, 0.29) is 18.6 Å². The number of benzene rings is 2. The van der Waals surface area contributed by atoms with E-state index in [1.807, 2.05) is 72.8 Å². The molecule has 0 saturated heterocycles. The predicted molar refractivity (Wildman–Crippen MR) is 99.3 cm³/mol. The first-order valence-corrected chi connectivity index (χ1v) is 8.60. The van der Waals surface area contributed by atoms with Gasteiger partial charge < -0.3 is 15.0 Å². The summed E-state index contributed by atoms with van der Waals surface area (Å²) in [6.45, 7) is 0.173. The third-order valence-electron chi connectivity index (χ3n) is 4.40. The van der Waals surface area contributed by atoms with Crippen molar-refractivity contribution in [3.8, 4) is 0 Å². The first-order valence-electron chi connectivity index (χ1n) is 8.60. The molecule has 26 heavy (non-hydrogen) atoms. The van der Waals surface area contributed by atoms with E-state index < -0.39 is 12.1 Å². The van der Waals surface area contributed by atoms with Gasteiger partial charge in [0.2, 0.25) is 5.91 Å². The van der Waals surface area contributed by atoms with Gasteiger partial charge in [0.1, 0.15) is 12.6 Å². The van der Waals surface area contributed by atoms with Gasteiger partial charge in [0.05, 0.1) is 6.04 Å². The highest BCUT2D eigenvalue weighted by atomic mass is 16.5. The van der Waals surface area contributed by atoms with E-state index in [1.54, 1.807) is 11.9 Å². The van der Waals surface area contributed by atoms with E-state index in [1.165, 1.54) is 0 Å². The van der Waals surface area contributed by atoms with E-state index in [0.717, 1.165) is 11.1 Å². The minimum Gasteiger partial charge on any atom is -0.445 e. The molecule has 2 atom stereocenters. The van der Waals surface area contributed by atoms with Crippen molar-refractivity contribution in [3.63, 3.8) is 0 Å². The zero-order valence-corrected chi connectivity index (χ0v) is 14.7. The van der Waals surface area contributed by atoms with Crippen molar-refractivity contribution in [2.45, 2.75) is 25.1 Å². The molecule has 0 spiro atoms. The molecule has 5 heteroatoms. The summed E-state index contributed by atoms with van der Waals surface area (Å²) in [6, 6.07) is 18.5. The van der Waals surface area contributed by atoms with Gasteiger partial charge in [0.25, 0.3) is 0 Å². The van der Waals surface area contributed by atoms with Crippen LogP contribution in [0.15, 0.2) is 72.8 Å². The summed E-state index contributed by atoms with van der Waals surface area (Å²) in [5.74, 6) is -0.138. The van der Waals surface area contributed by atoms with Crippen molar-refractivity contribution < 1.29 is 14.3 Å². The summed E-state index contributed by atoms with van der Waals surface area (Å²) in [6.07, 6.45) is 3.77. The lowest BCUT2D eigenvalue weighted by atomic mass is 10.1. The smallest absolute Gasteiger partial charge is 0.408 e. The molecule has 2 aromatic carbocycles. The molecule has 3 rings (SSSR count). The molecule has 1 aliphatic heterocycles. The number of alkyl carbamates (subject to hydrolysis) is 1. The Bertz CT molecular complexity index is 774. The SMILES string of the molecule is CN1C(=O)[C@@H](NC(=O)OCc2ccccc2)CC=C[C@H]1c1ccccc1. The average molecular weight is 350 g/mol. The van der Waals surface area contributed by atoms with Gasteiger partial charge in [-0.25, -0.2) is 4.79 Å². The largest absolute Gasteiger partial charge is 0.445 e. The molecular formula is C21H22N2O3. The number of nitrogens with one attached hydrogen (secondary N) is 1. The van der Waals surface area contributed by atoms with Crippen LogP contribution in [0.5, 0.6) is 0 Å². The fourth-order valence-corrected chi connectivity index (χ4v) is 2.97. The molecule has 0 aliphatic carbocycles. The van der Waals surface area contributed by atoms with Crippen LogP contribution in [0, 0.1) is 0 Å². The van der Waals surface area contributed by atoms with E-state index in [0.29, 0.717) is 6.42 Å². The highest BCUT2D eigenvalue weighted by Gasteiger charge is 2.30. The third-order valence-corrected chi connectivity index (χ3v) is 4.40. The van der Waals surface area contributed by atoms with Crippen molar-refractivity contribution in [1.29, 1.82) is 0 Å². The number of hydrogen-bond donors (Lipinski definition) is 1. The Balaban J connectivity index is 1.60. The van der Waals surface area contributed by atoms with Gasteiger partial charge in [-0.05, 0) is 17.5 Å². The molecule has 0 radical (unpaired) electrons. The molecule has 2 aromatic rings. The molecule has 1 aliphatic rings. The van der Waals surface area contributed by atoms with Crippen LogP contribution in [-0.4, -0.2) is 30.0 Å². The normalized spacial score (nSPS) is 19.7. The van der Waals surface area contributed by atoms with E-state index in [2.05, 4.69) is 5.32 Å². The Morgan fingerprint density at radius 2 is 1.77 bits per heavy atom. The van der Waals surface area contributed by atoms with Gasteiger partial charge in [-0.2, -0.15) is 0 Å². The van der Waals surface area contributed by atoms with E-state index >= 15 is 0 Å². The first-order chi connectivity index (χ1) is 12.6. The van der Waals surface area contributed by atoms with Crippen molar-refractivity contribution in [1.82, 2.24) is 10.2 Å². The lowest BCUT2D eigenvalue weighted by Crippen LogP contribution is -2.47. The van der Waals surface area contributed by atoms with Gasteiger partial charge in [-0.1, -0.05) is 72.8 Å². The van der Waals surface area contributed by atoms with Gasteiger partial charge in [0.15, 0.2) is 0 Å². The zero-order valence-electron chi connectivity index (χ0n) is 14.7. The second-order valence-electron chi connectivity index (χ2n) is 6.23. The lowest BCUT2D eigenvalue weighted by Gasteiger charge is -2.27. The Hall–Kier alpha value is -3.08. The molecule has 0 aromatic heterocycles. The minimum absolute atomic E-state index is 0.138. The summed E-state index contributed by atoms with van der Waals surface area (Å²) in [5.41, 5.74) is 1.93. The Labute approximate surface area is 153 Å². The second-order valence-corrected chi connectivity index (χ2v) is 6.23. The van der Waals surface area contributed by atoms with E-state index in [4.69, 9.17) is 4.74 Å². The number of hydrogen-bond acceptors (Lipinski definition) is 3. The molecular weight excluding hydrogens is 328 g/mol. The van der Waals surface area contributed by atoms with Crippen LogP contribution in [0.25, 0.3) is 0 Å². The first kappa shape index (κ1) is 17.7. The van der Waals surface area contributed by atoms with Crippen molar-refractivity contribution in [3.05, 3.63) is 83.9 Å². The summed E-state index contributed by atoms with van der Waals surface area (Å²) in [5, 5.41) is 2.68. The van der Waals surface area contributed by atoms with E-state index in [9.17, 15) is 9.59 Å². The number of carbonyl (C=O) groups excluding carboxylic acids is 2. The van der Waals surface area contributed by atoms with Crippen molar-refractivity contribution >= 4 is 12.0 Å². The molecule has 134 valence electrons. The summed E-state index contributed by atoms with van der Waals surface area (Å²) in [4.78, 5) is 26.5. The minimum atomic E-state index is -0.631. The van der Waals surface area contributed by atoms with Crippen LogP contribution in [0.3, 0.4) is 0 Å². The lowest BCUT2D eigenvalue weighted by molar-refractivity contribution is -0.133. The van der Waals surface area contributed by atoms with Crippen LogP contribution in [0.4, 0.5) is 4.79 Å². The maximum atomic E-state index is 12.8. The number of rotatable bonds is 4. The predicted octanol–water partition coefficient (Wildman–Crippen LogP) is 3.44. The molecule has 1 N–H and O–H groups in total. The highest BCUT2D eigenvalue weighted by Crippen LogP contribution is 2.24. The molecule has 0 fully saturated rings. The number of nitrogens with zero attached hydrogens (tertiary/aromatic N) is 1. The highest BCUT2D eigenvalue weighted by molar-refractivity contribution is 5.86. The molecule has 0 bridgehead atoms. The Kier molecular flexibility index (Phi) is 5.69. The number of carbonyl (C=O) groups is 2. The van der Waals surface area contributed by atoms with Crippen LogP contribution in [-0.2, 0) is 16.1 Å². The third kappa shape index (κ3) is 4.30. The van der Waals surface area contributed by atoms with Gasteiger partial charge in [0, 0.05) is 7.05 Å². The standard InChI is InChI=1S/C21H22N2O3/c1-23-19(17-11-6-3-7-12-17)14-8-13-18(20(23)24)22-21(25)26-15-16-9-4-2-5-10-16/h2-12,14,18-19H,13,15H2,1H3,(H,22,25)/t18-,19-/m0/s1. The zero-order chi connectivity index (χ0) is 18.4. The number of likely N-dealkylation sites (N-methyl/N-ethyl adjacent to an activating group) is 1. The monoisotopic (exact) mass is 350 g/mol. The molecule has 1 heterocycles. The fraction of sp³-hybridized carbons (Fsp3) is 0.238. The van der Waals surface area contributed by atoms with Crippen LogP contribution in [0.1, 0.15) is 23.6 Å². The van der Waals surface area contributed by atoms with Gasteiger partial charge in [-0.15, -0.1) is 0 Å². The summed E-state index contributed by atoms with van der Waals surface area (Å²) < 4.78 is 5.22. The Morgan fingerprint density at radius 1 is 1.12 bits per heavy atom. The maximum absolute atomic E-state index is 12.8. The maximum Gasteiger partial charge on any atom is 0.408 e. The topological polar surface area (TPSA) is 58.6 Å². The van der Waals surface area contributed by atoms with Crippen LogP contribution in [0.2, 0.25) is 0 Å². The molecule has 0 unspecified atom stereocenters. The molecule has 5 nitrogen and oxygen atoms in total. The van der Waals surface area contributed by atoms with Crippen LogP contribution >= 0.6 is 0 Å². The van der Waals surface area contributed by atoms with Gasteiger partial charge >= 0.3 is 6.09 Å². The number of amides is 2. The van der Waals surface area contributed by atoms with Crippen LogP contribution < -0.4 is 5.32 Å². The molecule has 2 amide bonds. The molecule has 0 saturated carbocycles.